The number of carbonyl (C=O) groups excluding carboxylic acids is 1. The van der Waals surface area contributed by atoms with Gasteiger partial charge in [0.15, 0.2) is 0 Å². The number of carbonyl (C=O) groups is 1. The van der Waals surface area contributed by atoms with Gasteiger partial charge in [0.25, 0.3) is 8.32 Å². The molecule has 0 saturated carbocycles. The number of allylic oxidation sites excluding steroid dienone is 2. The Labute approximate surface area is 158 Å². The highest BCUT2D eigenvalue weighted by Gasteiger charge is 2.50. The Kier molecular flexibility index (Phi) is 6.89. The fourth-order valence-corrected chi connectivity index (χ4v) is 7.88. The molecular formula is C23H28O2Si. The molecule has 0 bridgehead atoms. The molecule has 136 valence electrons. The predicted octanol–water partition coefficient (Wildman–Crippen LogP) is 4.26. The fourth-order valence-electron chi connectivity index (χ4n) is 3.34. The highest BCUT2D eigenvalue weighted by Crippen LogP contribution is 2.37. The van der Waals surface area contributed by atoms with Gasteiger partial charge in [-0.1, -0.05) is 93.6 Å². The van der Waals surface area contributed by atoms with E-state index < -0.39 is 8.32 Å². The molecule has 2 aromatic rings. The Morgan fingerprint density at radius 1 is 0.962 bits per heavy atom. The van der Waals surface area contributed by atoms with Crippen molar-refractivity contribution in [1.82, 2.24) is 0 Å². The Bertz CT molecular complexity index is 716. The van der Waals surface area contributed by atoms with Crippen LogP contribution in [-0.4, -0.2) is 21.2 Å². The van der Waals surface area contributed by atoms with Crippen molar-refractivity contribution in [2.75, 3.05) is 6.61 Å². The Hall–Kier alpha value is -2.23. The van der Waals surface area contributed by atoms with E-state index >= 15 is 0 Å². The van der Waals surface area contributed by atoms with Crippen molar-refractivity contribution in [1.29, 1.82) is 0 Å². The molecule has 0 fully saturated rings. The second kappa shape index (κ2) is 8.92. The third kappa shape index (κ3) is 4.29. The summed E-state index contributed by atoms with van der Waals surface area (Å²) in [6.45, 7) is 9.23. The highest BCUT2D eigenvalue weighted by atomic mass is 28.4. The van der Waals surface area contributed by atoms with E-state index in [-0.39, 0.29) is 5.04 Å². The van der Waals surface area contributed by atoms with Crippen LogP contribution in [0.25, 0.3) is 0 Å². The van der Waals surface area contributed by atoms with Crippen molar-refractivity contribution >= 4 is 25.0 Å². The van der Waals surface area contributed by atoms with Crippen LogP contribution in [-0.2, 0) is 9.22 Å². The van der Waals surface area contributed by atoms with Crippen LogP contribution in [0, 0.1) is 0 Å². The summed E-state index contributed by atoms with van der Waals surface area (Å²) in [7, 11) is -2.53. The Morgan fingerprint density at radius 2 is 1.46 bits per heavy atom. The van der Waals surface area contributed by atoms with E-state index in [4.69, 9.17) is 4.43 Å². The molecule has 0 N–H and O–H groups in total. The van der Waals surface area contributed by atoms with Gasteiger partial charge in [0.05, 0.1) is 6.61 Å². The van der Waals surface area contributed by atoms with E-state index in [2.05, 4.69) is 69.3 Å². The number of hydrogen-bond acceptors (Lipinski definition) is 2. The average Bonchev–Trinajstić information content (AvgIpc) is 2.65. The van der Waals surface area contributed by atoms with Crippen molar-refractivity contribution < 1.29 is 9.22 Å². The summed E-state index contributed by atoms with van der Waals surface area (Å²) in [5.41, 5.74) is 1.00. The molecule has 0 aliphatic rings. The fraction of sp³-hybridized carbons (Fsp3) is 0.261. The molecule has 0 saturated heterocycles. The third-order valence-electron chi connectivity index (χ3n) is 4.63. The first-order chi connectivity index (χ1) is 12.5. The first-order valence-corrected chi connectivity index (χ1v) is 10.9. The van der Waals surface area contributed by atoms with E-state index in [1.165, 1.54) is 16.4 Å². The van der Waals surface area contributed by atoms with Crippen molar-refractivity contribution in [2.45, 2.75) is 32.7 Å². The molecule has 0 radical (unpaired) electrons. The van der Waals surface area contributed by atoms with Crippen LogP contribution < -0.4 is 10.4 Å². The molecule has 0 aliphatic carbocycles. The van der Waals surface area contributed by atoms with Crippen molar-refractivity contribution in [2.24, 2.45) is 0 Å². The van der Waals surface area contributed by atoms with Gasteiger partial charge in [-0.25, -0.2) is 0 Å². The lowest BCUT2D eigenvalue weighted by Crippen LogP contribution is -2.66. The summed E-state index contributed by atoms with van der Waals surface area (Å²) in [4.78, 5) is 10.7. The molecule has 0 heterocycles. The van der Waals surface area contributed by atoms with Crippen molar-refractivity contribution in [3.63, 3.8) is 0 Å². The maximum absolute atomic E-state index is 10.7. The lowest BCUT2D eigenvalue weighted by atomic mass is 10.2. The van der Waals surface area contributed by atoms with E-state index in [0.717, 1.165) is 11.9 Å². The summed E-state index contributed by atoms with van der Waals surface area (Å²) >= 11 is 0. The van der Waals surface area contributed by atoms with Crippen molar-refractivity contribution in [3.8, 4) is 0 Å². The molecule has 0 aromatic heterocycles. The maximum Gasteiger partial charge on any atom is 0.261 e. The number of benzene rings is 2. The van der Waals surface area contributed by atoms with E-state index in [1.807, 2.05) is 31.2 Å². The SMILES string of the molecule is C/C=C(\C=C\C=O)CO[Si](c1ccccc1)(c1ccccc1)C(C)(C)C. The highest BCUT2D eigenvalue weighted by molar-refractivity contribution is 6.99. The molecular weight excluding hydrogens is 336 g/mol. The lowest BCUT2D eigenvalue weighted by molar-refractivity contribution is -0.104. The first-order valence-electron chi connectivity index (χ1n) is 8.97. The van der Waals surface area contributed by atoms with Gasteiger partial charge in [-0.3, -0.25) is 4.79 Å². The molecule has 2 nitrogen and oxygen atoms in total. The first kappa shape index (κ1) is 20.1. The van der Waals surface area contributed by atoms with Gasteiger partial charge in [-0.05, 0) is 34.0 Å². The Morgan fingerprint density at radius 3 is 1.85 bits per heavy atom. The van der Waals surface area contributed by atoms with Crippen LogP contribution in [0.15, 0.2) is 84.5 Å². The summed E-state index contributed by atoms with van der Waals surface area (Å²) < 4.78 is 6.82. The van der Waals surface area contributed by atoms with Gasteiger partial charge < -0.3 is 4.43 Å². The zero-order chi connectivity index (χ0) is 19.0. The molecule has 0 aliphatic heterocycles. The third-order valence-corrected chi connectivity index (χ3v) is 9.61. The van der Waals surface area contributed by atoms with Gasteiger partial charge in [0, 0.05) is 0 Å². The molecule has 0 amide bonds. The summed E-state index contributed by atoms with van der Waals surface area (Å²) in [5, 5.41) is 2.46. The van der Waals surface area contributed by atoms with Crippen LogP contribution in [0.3, 0.4) is 0 Å². The largest absolute Gasteiger partial charge is 0.403 e. The predicted molar refractivity (Wildman–Crippen MR) is 113 cm³/mol. The lowest BCUT2D eigenvalue weighted by Gasteiger charge is -2.43. The van der Waals surface area contributed by atoms with Gasteiger partial charge in [0.2, 0.25) is 0 Å². The van der Waals surface area contributed by atoms with E-state index in [0.29, 0.717) is 6.61 Å². The quantitative estimate of drug-likeness (QED) is 0.317. The molecule has 2 aromatic carbocycles. The zero-order valence-corrected chi connectivity index (χ0v) is 17.1. The van der Waals surface area contributed by atoms with Crippen LogP contribution >= 0.6 is 0 Å². The minimum absolute atomic E-state index is 0.0526. The second-order valence-electron chi connectivity index (χ2n) is 7.31. The van der Waals surface area contributed by atoms with E-state index in [9.17, 15) is 4.79 Å². The topological polar surface area (TPSA) is 26.3 Å². The molecule has 2 rings (SSSR count). The summed E-state index contributed by atoms with van der Waals surface area (Å²) in [5.74, 6) is 0. The summed E-state index contributed by atoms with van der Waals surface area (Å²) in [6, 6.07) is 21.1. The minimum atomic E-state index is -2.53. The van der Waals surface area contributed by atoms with Gasteiger partial charge in [-0.2, -0.15) is 0 Å². The molecule has 0 atom stereocenters. The molecule has 0 unspecified atom stereocenters. The number of hydrogen-bond donors (Lipinski definition) is 0. The second-order valence-corrected chi connectivity index (χ2v) is 11.6. The van der Waals surface area contributed by atoms with Crippen molar-refractivity contribution in [3.05, 3.63) is 84.5 Å². The number of aldehydes is 1. The van der Waals surface area contributed by atoms with E-state index in [1.54, 1.807) is 0 Å². The van der Waals surface area contributed by atoms with Crippen LogP contribution in [0.5, 0.6) is 0 Å². The smallest absolute Gasteiger partial charge is 0.261 e. The zero-order valence-electron chi connectivity index (χ0n) is 16.1. The Balaban J connectivity index is 2.57. The maximum atomic E-state index is 10.7. The van der Waals surface area contributed by atoms with Gasteiger partial charge in [0.1, 0.15) is 6.29 Å². The molecule has 3 heteroatoms. The van der Waals surface area contributed by atoms with Gasteiger partial charge >= 0.3 is 0 Å². The molecule has 0 spiro atoms. The minimum Gasteiger partial charge on any atom is -0.403 e. The number of rotatable bonds is 7. The van der Waals surface area contributed by atoms with Crippen LogP contribution in [0.1, 0.15) is 27.7 Å². The monoisotopic (exact) mass is 364 g/mol. The normalized spacial score (nSPS) is 13.2. The summed E-state index contributed by atoms with van der Waals surface area (Å²) in [6.07, 6.45) is 6.14. The van der Waals surface area contributed by atoms with Crippen LogP contribution in [0.2, 0.25) is 5.04 Å². The van der Waals surface area contributed by atoms with Crippen LogP contribution in [0.4, 0.5) is 0 Å². The van der Waals surface area contributed by atoms with Gasteiger partial charge in [-0.15, -0.1) is 0 Å². The molecule has 26 heavy (non-hydrogen) atoms. The average molecular weight is 365 g/mol. The standard InChI is InChI=1S/C23H28O2Si/c1-5-20(13-12-18-24)19-25-26(23(2,3)4,21-14-8-6-9-15-21)22-16-10-7-11-17-22/h5-18H,19H2,1-4H3/b13-12+,20-5+.